The third-order valence-electron chi connectivity index (χ3n) is 1.88. The van der Waals surface area contributed by atoms with Crippen LogP contribution in [-0.2, 0) is 0 Å². The summed E-state index contributed by atoms with van der Waals surface area (Å²) in [5.74, 6) is 0.583. The van der Waals surface area contributed by atoms with Crippen molar-refractivity contribution in [1.82, 2.24) is 4.90 Å². The quantitative estimate of drug-likeness (QED) is 0.569. The molecule has 0 aliphatic carbocycles. The Morgan fingerprint density at radius 3 is 2.42 bits per heavy atom. The first-order valence-corrected chi connectivity index (χ1v) is 4.67. The van der Waals surface area contributed by atoms with Gasteiger partial charge in [0.25, 0.3) is 0 Å². The van der Waals surface area contributed by atoms with Gasteiger partial charge in [0.05, 0.1) is 0 Å². The van der Waals surface area contributed by atoms with Crippen molar-refractivity contribution in [2.24, 2.45) is 5.92 Å². The van der Waals surface area contributed by atoms with E-state index >= 15 is 0 Å². The highest BCUT2D eigenvalue weighted by molar-refractivity contribution is 5.10. The van der Waals surface area contributed by atoms with Crippen molar-refractivity contribution in [3.8, 4) is 0 Å². The zero-order valence-corrected chi connectivity index (χ0v) is 8.80. The van der Waals surface area contributed by atoms with E-state index < -0.39 is 0 Å². The van der Waals surface area contributed by atoms with Gasteiger partial charge in [0, 0.05) is 19.3 Å². The second kappa shape index (κ2) is 5.87. The maximum atomic E-state index is 3.72. The van der Waals surface area contributed by atoms with Gasteiger partial charge in [0.2, 0.25) is 0 Å². The fraction of sp³-hybridized carbons (Fsp3) is 0.636. The van der Waals surface area contributed by atoms with Gasteiger partial charge in [-0.05, 0) is 18.4 Å². The fourth-order valence-corrected chi connectivity index (χ4v) is 1.35. The van der Waals surface area contributed by atoms with E-state index in [1.54, 1.807) is 0 Å². The molecule has 0 unspecified atom stereocenters. The van der Waals surface area contributed by atoms with Crippen molar-refractivity contribution in [3.05, 3.63) is 24.4 Å². The van der Waals surface area contributed by atoms with Crippen LogP contribution in [0, 0.1) is 5.92 Å². The summed E-state index contributed by atoms with van der Waals surface area (Å²) in [5, 5.41) is 0. The van der Waals surface area contributed by atoms with Crippen LogP contribution < -0.4 is 0 Å². The van der Waals surface area contributed by atoms with Gasteiger partial charge >= 0.3 is 0 Å². The second-order valence-electron chi connectivity index (χ2n) is 3.40. The van der Waals surface area contributed by atoms with Crippen molar-refractivity contribution in [2.75, 3.05) is 13.6 Å². The SMILES string of the molecule is C=C/C=C(/C(C)C)N(C)CCC. The van der Waals surface area contributed by atoms with E-state index in [9.17, 15) is 0 Å². The van der Waals surface area contributed by atoms with Crippen LogP contribution in [0.1, 0.15) is 27.2 Å². The molecular formula is C11H21N. The molecule has 0 aliphatic rings. The Balaban J connectivity index is 4.29. The van der Waals surface area contributed by atoms with E-state index in [2.05, 4.69) is 45.4 Å². The third-order valence-corrected chi connectivity index (χ3v) is 1.88. The summed E-state index contributed by atoms with van der Waals surface area (Å²) in [4.78, 5) is 2.30. The molecule has 0 fully saturated rings. The predicted molar refractivity (Wildman–Crippen MR) is 56.0 cm³/mol. The van der Waals surface area contributed by atoms with Gasteiger partial charge in [-0.3, -0.25) is 0 Å². The average molecular weight is 167 g/mol. The molecule has 0 rings (SSSR count). The lowest BCUT2D eigenvalue weighted by molar-refractivity contribution is 0.374. The molecule has 0 saturated heterocycles. The van der Waals surface area contributed by atoms with Crippen LogP contribution in [0.3, 0.4) is 0 Å². The number of hydrogen-bond acceptors (Lipinski definition) is 1. The Hall–Kier alpha value is -0.720. The van der Waals surface area contributed by atoms with E-state index in [0.717, 1.165) is 6.54 Å². The van der Waals surface area contributed by atoms with Crippen LogP contribution >= 0.6 is 0 Å². The molecule has 70 valence electrons. The molecule has 0 aromatic carbocycles. The zero-order chi connectivity index (χ0) is 9.56. The standard InChI is InChI=1S/C11H21N/c1-6-8-11(10(3)4)12(5)9-7-2/h6,8,10H,1,7,9H2,2-5H3/b11-8-. The monoisotopic (exact) mass is 167 g/mol. The van der Waals surface area contributed by atoms with Crippen LogP contribution in [0.15, 0.2) is 24.4 Å². The summed E-state index contributed by atoms with van der Waals surface area (Å²) >= 11 is 0. The predicted octanol–water partition coefficient (Wildman–Crippen LogP) is 3.05. The fourth-order valence-electron chi connectivity index (χ4n) is 1.35. The molecule has 0 aromatic rings. The summed E-state index contributed by atoms with van der Waals surface area (Å²) in [6.45, 7) is 11.5. The summed E-state index contributed by atoms with van der Waals surface area (Å²) in [6.07, 6.45) is 5.15. The topological polar surface area (TPSA) is 3.24 Å². The van der Waals surface area contributed by atoms with E-state index in [4.69, 9.17) is 0 Å². The molecular weight excluding hydrogens is 146 g/mol. The van der Waals surface area contributed by atoms with Crippen LogP contribution in [0.4, 0.5) is 0 Å². The Bertz CT molecular complexity index is 156. The first kappa shape index (κ1) is 11.3. The second-order valence-corrected chi connectivity index (χ2v) is 3.40. The first-order valence-electron chi connectivity index (χ1n) is 4.67. The molecule has 0 heterocycles. The highest BCUT2D eigenvalue weighted by Gasteiger charge is 2.06. The summed E-state index contributed by atoms with van der Waals surface area (Å²) in [5.41, 5.74) is 1.37. The maximum absolute atomic E-state index is 3.72. The first-order chi connectivity index (χ1) is 5.63. The number of rotatable bonds is 5. The van der Waals surface area contributed by atoms with Gasteiger partial charge in [-0.2, -0.15) is 0 Å². The van der Waals surface area contributed by atoms with Crippen molar-refractivity contribution in [3.63, 3.8) is 0 Å². The van der Waals surface area contributed by atoms with Crippen molar-refractivity contribution < 1.29 is 0 Å². The van der Waals surface area contributed by atoms with Gasteiger partial charge in [0.1, 0.15) is 0 Å². The lowest BCUT2D eigenvalue weighted by Gasteiger charge is -2.24. The van der Waals surface area contributed by atoms with Gasteiger partial charge in [-0.25, -0.2) is 0 Å². The largest absolute Gasteiger partial charge is 0.378 e. The minimum absolute atomic E-state index is 0.583. The average Bonchev–Trinajstić information content (AvgIpc) is 1.99. The Labute approximate surface area is 76.8 Å². The maximum Gasteiger partial charge on any atom is 0.0169 e. The number of allylic oxidation sites excluding steroid dienone is 3. The van der Waals surface area contributed by atoms with Gasteiger partial charge < -0.3 is 4.90 Å². The van der Waals surface area contributed by atoms with E-state index in [1.165, 1.54) is 12.1 Å². The van der Waals surface area contributed by atoms with Gasteiger partial charge in [0.15, 0.2) is 0 Å². The Kier molecular flexibility index (Phi) is 5.52. The molecule has 12 heavy (non-hydrogen) atoms. The molecule has 0 saturated carbocycles. The molecule has 0 aromatic heterocycles. The molecule has 0 radical (unpaired) electrons. The molecule has 0 bridgehead atoms. The molecule has 0 N–H and O–H groups in total. The van der Waals surface area contributed by atoms with Crippen LogP contribution in [0.5, 0.6) is 0 Å². The zero-order valence-electron chi connectivity index (χ0n) is 8.80. The highest BCUT2D eigenvalue weighted by Crippen LogP contribution is 2.13. The van der Waals surface area contributed by atoms with Crippen LogP contribution in [0.2, 0.25) is 0 Å². The molecule has 0 spiro atoms. The van der Waals surface area contributed by atoms with Gasteiger partial charge in [-0.1, -0.05) is 33.4 Å². The smallest absolute Gasteiger partial charge is 0.0169 e. The van der Waals surface area contributed by atoms with Crippen LogP contribution in [-0.4, -0.2) is 18.5 Å². The van der Waals surface area contributed by atoms with E-state index in [0.29, 0.717) is 5.92 Å². The van der Waals surface area contributed by atoms with Crippen LogP contribution in [0.25, 0.3) is 0 Å². The lowest BCUT2D eigenvalue weighted by Crippen LogP contribution is -2.21. The molecule has 1 nitrogen and oxygen atoms in total. The van der Waals surface area contributed by atoms with Crippen molar-refractivity contribution >= 4 is 0 Å². The van der Waals surface area contributed by atoms with Crippen molar-refractivity contribution in [1.29, 1.82) is 0 Å². The molecule has 0 amide bonds. The van der Waals surface area contributed by atoms with E-state index in [1.807, 2.05) is 6.08 Å². The number of nitrogens with zero attached hydrogens (tertiary/aromatic N) is 1. The van der Waals surface area contributed by atoms with Crippen molar-refractivity contribution in [2.45, 2.75) is 27.2 Å². The Morgan fingerprint density at radius 2 is 2.08 bits per heavy atom. The summed E-state index contributed by atoms with van der Waals surface area (Å²) in [7, 11) is 2.14. The molecule has 0 aliphatic heterocycles. The van der Waals surface area contributed by atoms with Gasteiger partial charge in [-0.15, -0.1) is 0 Å². The molecule has 1 heteroatoms. The minimum Gasteiger partial charge on any atom is -0.378 e. The normalized spacial score (nSPS) is 11.9. The lowest BCUT2D eigenvalue weighted by atomic mass is 10.1. The number of hydrogen-bond donors (Lipinski definition) is 0. The summed E-state index contributed by atoms with van der Waals surface area (Å²) < 4.78 is 0. The van der Waals surface area contributed by atoms with E-state index in [-0.39, 0.29) is 0 Å². The Morgan fingerprint density at radius 1 is 1.50 bits per heavy atom. The summed E-state index contributed by atoms with van der Waals surface area (Å²) in [6, 6.07) is 0. The highest BCUT2D eigenvalue weighted by atomic mass is 15.1. The molecule has 0 atom stereocenters. The third kappa shape index (κ3) is 3.61. The minimum atomic E-state index is 0.583.